The number of aliphatic carboxylic acids is 1. The smallest absolute Gasteiger partial charge is 0.430 e. The number of aromatic nitrogens is 11. The zero-order valence-electron chi connectivity index (χ0n) is 48.2. The van der Waals surface area contributed by atoms with Crippen LogP contribution < -0.4 is 53.4 Å². The van der Waals surface area contributed by atoms with Gasteiger partial charge in [0.1, 0.15) is 34.4 Å². The lowest BCUT2D eigenvalue weighted by molar-refractivity contribution is -0.368. The second-order valence-corrected chi connectivity index (χ2v) is 19.6. The molecule has 8 rings (SSSR count). The Bertz CT molecular complexity index is 3880. The molecule has 8 amide bonds. The summed E-state index contributed by atoms with van der Waals surface area (Å²) in [7, 11) is 11.3. The number of nitrogens with one attached hydrogen (secondary N) is 8. The van der Waals surface area contributed by atoms with Gasteiger partial charge >= 0.3 is 6.18 Å². The number of imidazole rings is 3. The number of hydrogen-bond acceptors (Lipinski definition) is 13. The molecular formula is C54H63F3N20O10. The van der Waals surface area contributed by atoms with E-state index in [2.05, 4.69) is 63.2 Å². The first-order valence-corrected chi connectivity index (χ1v) is 26.6. The zero-order valence-corrected chi connectivity index (χ0v) is 48.2. The summed E-state index contributed by atoms with van der Waals surface area (Å²) in [6, 6.07) is 7.74. The van der Waals surface area contributed by atoms with Crippen LogP contribution in [0.25, 0.3) is 0 Å². The Morgan fingerprint density at radius 2 is 0.828 bits per heavy atom. The van der Waals surface area contributed by atoms with Gasteiger partial charge in [0.15, 0.2) is 17.5 Å². The van der Waals surface area contributed by atoms with Gasteiger partial charge in [-0.1, -0.05) is 0 Å². The highest BCUT2D eigenvalue weighted by Gasteiger charge is 2.29. The number of alkyl halides is 3. The van der Waals surface area contributed by atoms with E-state index >= 15 is 0 Å². The van der Waals surface area contributed by atoms with Crippen molar-refractivity contribution in [2.45, 2.75) is 51.5 Å². The van der Waals surface area contributed by atoms with E-state index in [4.69, 9.17) is 9.90 Å². The van der Waals surface area contributed by atoms with E-state index in [9.17, 15) is 51.5 Å². The van der Waals surface area contributed by atoms with E-state index in [0.29, 0.717) is 91.7 Å². The molecule has 87 heavy (non-hydrogen) atoms. The molecule has 460 valence electrons. The summed E-state index contributed by atoms with van der Waals surface area (Å²) in [5, 5.41) is 30.8. The van der Waals surface area contributed by atoms with Gasteiger partial charge in [-0.3, -0.25) is 38.4 Å². The Morgan fingerprint density at radius 1 is 0.448 bits per heavy atom. The molecule has 30 nitrogen and oxygen atoms in total. The Labute approximate surface area is 492 Å². The molecule has 33 heteroatoms. The predicted octanol–water partition coefficient (Wildman–Crippen LogP) is 2.00. The molecule has 0 spiro atoms. The minimum atomic E-state index is -5.19. The number of quaternary nitrogens is 1. The maximum Gasteiger partial charge on any atom is 0.430 e. The number of nitrogens with zero attached hydrogens (tertiary/aromatic N) is 11. The number of amides is 8. The van der Waals surface area contributed by atoms with Crippen LogP contribution in [0.15, 0.2) is 92.3 Å². The van der Waals surface area contributed by atoms with Crippen molar-refractivity contribution in [3.05, 3.63) is 138 Å². The topological polar surface area (TPSA) is 379 Å². The van der Waals surface area contributed by atoms with Crippen molar-refractivity contribution in [3.63, 3.8) is 0 Å². The molecule has 0 saturated heterocycles. The SMILES string of the molecule is CNC(=O)c1cc(NC(=O)c2cc(NC(=O)c3cc(NC(=O)c4nccn4CCCCCn4cc(NC(=O)c5cc(NC(=O)c6nc(NC(=O)c7nccn7C)cn6C)cn5CCC[NH3+])cc4C(=O)NC)cn3C)cn2C)cn1C.O=C([O-])C(F)(F)F. The van der Waals surface area contributed by atoms with Crippen molar-refractivity contribution >= 4 is 87.5 Å². The molecule has 11 N–H and O–H groups in total. The fraction of sp³-hybridized carbons (Fsp3) is 0.296. The Balaban J connectivity index is 0.00000145. The van der Waals surface area contributed by atoms with Crippen LogP contribution in [0.3, 0.4) is 0 Å². The average molecular weight is 1210 g/mol. The fourth-order valence-corrected chi connectivity index (χ4v) is 8.92. The van der Waals surface area contributed by atoms with Crippen LogP contribution in [0.2, 0.25) is 0 Å². The van der Waals surface area contributed by atoms with E-state index in [1.165, 1.54) is 49.4 Å². The van der Waals surface area contributed by atoms with Gasteiger partial charge in [-0.15, -0.1) is 0 Å². The third kappa shape index (κ3) is 15.8. The number of rotatable bonds is 23. The van der Waals surface area contributed by atoms with E-state index in [0.717, 1.165) is 0 Å². The molecule has 0 radical (unpaired) electrons. The van der Waals surface area contributed by atoms with Crippen molar-refractivity contribution in [2.24, 2.45) is 35.2 Å². The van der Waals surface area contributed by atoms with Crippen molar-refractivity contribution < 1.29 is 67.2 Å². The second-order valence-electron chi connectivity index (χ2n) is 19.6. The van der Waals surface area contributed by atoms with Crippen molar-refractivity contribution in [3.8, 4) is 0 Å². The van der Waals surface area contributed by atoms with Crippen molar-refractivity contribution in [2.75, 3.05) is 52.5 Å². The lowest BCUT2D eigenvalue weighted by Gasteiger charge is -2.10. The molecule has 0 unspecified atom stereocenters. The Kier molecular flexibility index (Phi) is 20.2. The number of carbonyl (C=O) groups excluding carboxylic acids is 9. The number of carboxylic acid groups (broad SMARTS) is 1. The predicted molar refractivity (Wildman–Crippen MR) is 306 cm³/mol. The minimum Gasteiger partial charge on any atom is -0.542 e. The summed E-state index contributed by atoms with van der Waals surface area (Å²) < 4.78 is 44.5. The first kappa shape index (κ1) is 63.6. The molecule has 0 bridgehead atoms. The maximum atomic E-state index is 13.9. The first-order chi connectivity index (χ1) is 41.3. The van der Waals surface area contributed by atoms with Gasteiger partial charge in [0, 0.05) is 137 Å². The molecule has 0 fully saturated rings. The van der Waals surface area contributed by atoms with Crippen LogP contribution in [0.5, 0.6) is 0 Å². The number of halogens is 3. The number of anilines is 6. The Hall–Kier alpha value is -11.0. The number of carboxylic acids is 1. The van der Waals surface area contributed by atoms with Crippen molar-refractivity contribution in [1.82, 2.24) is 62.1 Å². The van der Waals surface area contributed by atoms with Gasteiger partial charge in [-0.2, -0.15) is 13.2 Å². The average Bonchev–Trinajstić information content (AvgIpc) is 2.70. The zero-order chi connectivity index (χ0) is 63.4. The largest absolute Gasteiger partial charge is 0.542 e. The van der Waals surface area contributed by atoms with Gasteiger partial charge in [0.2, 0.25) is 5.82 Å². The van der Waals surface area contributed by atoms with E-state index in [1.54, 1.807) is 129 Å². The van der Waals surface area contributed by atoms with E-state index < -0.39 is 47.6 Å². The number of unbranched alkanes of at least 4 members (excludes halogenated alkanes) is 2. The van der Waals surface area contributed by atoms with Gasteiger partial charge in [-0.25, -0.2) is 15.0 Å². The lowest BCUT2D eigenvalue weighted by Crippen LogP contribution is -2.50. The summed E-state index contributed by atoms with van der Waals surface area (Å²) in [6.45, 7) is 1.94. The Morgan fingerprint density at radius 3 is 1.30 bits per heavy atom. The molecule has 0 aliphatic rings. The quantitative estimate of drug-likeness (QED) is 0.0415. The molecule has 8 aromatic rings. The molecule has 0 saturated carbocycles. The number of aryl methyl sites for hydroxylation is 8. The summed E-state index contributed by atoms with van der Waals surface area (Å²) in [5.41, 5.74) is 7.23. The monoisotopic (exact) mass is 1210 g/mol. The van der Waals surface area contributed by atoms with E-state index in [1.807, 2.05) is 0 Å². The minimum absolute atomic E-state index is 0.0103. The standard InChI is InChI=1S/C52H62N20O8.C2HF3O2/c1-54-45(73)36-20-31(25-66(36)4)58-47(75)37-21-32(26-67(37)5)59-48(76)38-22-33(27-68(38)6)61-51(79)43-57-14-19-70(43)15-9-8-10-16-71-28-34(23-39(71)46(74)55-2)60-49(77)40-24-35(29-72(40)17-11-12-53)62-52(80)44-63-41(30-69(44)7)64-50(78)42-56-13-18-65(42)3;3-2(4,5)1(6)7/h13-14,18-30H,8-12,15-17,53H2,1-7H3,(H,54,73)(H,55,74)(H,58,75)(H,59,76)(H,60,77)(H,61,79)(H,62,80)(H,64,78);(H,6,7). The highest BCUT2D eigenvalue weighted by Crippen LogP contribution is 2.24. The second kappa shape index (κ2) is 27.6. The highest BCUT2D eigenvalue weighted by atomic mass is 19.4. The summed E-state index contributed by atoms with van der Waals surface area (Å²) in [6.07, 6.45) is 13.5. The summed E-state index contributed by atoms with van der Waals surface area (Å²) in [4.78, 5) is 127. The highest BCUT2D eigenvalue weighted by molar-refractivity contribution is 6.09. The van der Waals surface area contributed by atoms with Crippen LogP contribution in [-0.2, 0) is 59.7 Å². The molecular weight excluding hydrogens is 1150 g/mol. The van der Waals surface area contributed by atoms with Gasteiger partial charge in [0.25, 0.3) is 47.3 Å². The molecule has 0 aliphatic heterocycles. The molecule has 0 atom stereocenters. The molecule has 0 aromatic carbocycles. The molecule has 8 heterocycles. The third-order valence-electron chi connectivity index (χ3n) is 13.2. The first-order valence-electron chi connectivity index (χ1n) is 26.6. The summed E-state index contributed by atoms with van der Waals surface area (Å²) >= 11 is 0. The molecule has 0 aliphatic carbocycles. The number of hydrogen-bond donors (Lipinski definition) is 9. The summed E-state index contributed by atoms with van der Waals surface area (Å²) in [5.74, 6) is -6.12. The third-order valence-corrected chi connectivity index (χ3v) is 13.2. The number of carbonyl (C=O) groups is 9. The van der Waals surface area contributed by atoms with Crippen LogP contribution in [0.1, 0.15) is 110 Å². The van der Waals surface area contributed by atoms with Crippen LogP contribution in [-0.4, -0.2) is 132 Å². The van der Waals surface area contributed by atoms with Gasteiger partial charge in [0.05, 0.1) is 35.0 Å². The lowest BCUT2D eigenvalue weighted by atomic mass is 10.2. The normalized spacial score (nSPS) is 11.1. The van der Waals surface area contributed by atoms with Crippen LogP contribution in [0, 0.1) is 0 Å². The molecule has 8 aromatic heterocycles. The fourth-order valence-electron chi connectivity index (χ4n) is 8.92. The van der Waals surface area contributed by atoms with Crippen molar-refractivity contribution in [1.29, 1.82) is 0 Å². The maximum absolute atomic E-state index is 13.9. The van der Waals surface area contributed by atoms with Gasteiger partial charge < -0.3 is 94.7 Å². The van der Waals surface area contributed by atoms with Crippen LogP contribution >= 0.6 is 0 Å². The van der Waals surface area contributed by atoms with E-state index in [-0.39, 0.29) is 52.2 Å². The van der Waals surface area contributed by atoms with Crippen LogP contribution in [0.4, 0.5) is 47.4 Å². The van der Waals surface area contributed by atoms with Gasteiger partial charge in [-0.05, 0) is 49.6 Å².